The van der Waals surface area contributed by atoms with Crippen LogP contribution < -0.4 is 0 Å². The minimum absolute atomic E-state index is 0.0917. The Balaban J connectivity index is 2.72. The van der Waals surface area contributed by atoms with Gasteiger partial charge in [-0.25, -0.2) is 9.36 Å². The third kappa shape index (κ3) is 6.49. The van der Waals surface area contributed by atoms with Crippen molar-refractivity contribution >= 4 is 19.6 Å². The topological polar surface area (TPSA) is 98.0 Å². The molecule has 0 aliphatic carbocycles. The number of ether oxygens (including phenoxy) is 1. The van der Waals surface area contributed by atoms with Gasteiger partial charge in [0.1, 0.15) is 11.0 Å². The second-order valence-corrected chi connectivity index (χ2v) is 8.53. The van der Waals surface area contributed by atoms with E-state index in [1.807, 2.05) is 60.7 Å². The Labute approximate surface area is 182 Å². The van der Waals surface area contributed by atoms with Gasteiger partial charge >= 0.3 is 13.7 Å². The molecular weight excluding hydrogens is 415 g/mol. The monoisotopic (exact) mass is 440 g/mol. The highest BCUT2D eigenvalue weighted by Crippen LogP contribution is 2.47. The van der Waals surface area contributed by atoms with Gasteiger partial charge in [0.2, 0.25) is 0 Å². The van der Waals surface area contributed by atoms with Crippen LogP contribution >= 0.6 is 7.75 Å². The lowest BCUT2D eigenvalue weighted by molar-refractivity contribution is -0.139. The van der Waals surface area contributed by atoms with E-state index in [-0.39, 0.29) is 25.0 Å². The maximum atomic E-state index is 12.9. The second kappa shape index (κ2) is 11.4. The molecule has 0 unspecified atom stereocenters. The average molecular weight is 440 g/mol. The molecule has 0 aromatic heterocycles. The molecule has 0 heterocycles. The maximum absolute atomic E-state index is 12.9. The molecule has 7 nitrogen and oxygen atoms in total. The molecule has 31 heavy (non-hydrogen) atoms. The number of nitriles is 1. The molecule has 2 aromatic carbocycles. The summed E-state index contributed by atoms with van der Waals surface area (Å²) in [4.78, 5) is 12.9. The number of carbonyl (C=O) groups excluding carboxylic acids is 1. The van der Waals surface area contributed by atoms with E-state index < -0.39 is 19.1 Å². The summed E-state index contributed by atoms with van der Waals surface area (Å²) in [6, 6.07) is 20.9. The Hall–Kier alpha value is -3.00. The average Bonchev–Trinajstić information content (AvgIpc) is 2.80. The molecule has 0 saturated heterocycles. The third-order valence-electron chi connectivity index (χ3n) is 4.62. The first-order chi connectivity index (χ1) is 14.9. The van der Waals surface area contributed by atoms with E-state index in [4.69, 9.17) is 13.8 Å². The van der Waals surface area contributed by atoms with Gasteiger partial charge in [-0.15, -0.1) is 4.76 Å². The van der Waals surface area contributed by atoms with Crippen molar-refractivity contribution in [1.29, 1.82) is 5.26 Å². The smallest absolute Gasteiger partial charge is 0.461 e. The predicted octanol–water partition coefficient (Wildman–Crippen LogP) is 4.54. The summed E-state index contributed by atoms with van der Waals surface area (Å²) in [7, 11) is -1.52. The van der Waals surface area contributed by atoms with Crippen LogP contribution in [0.25, 0.3) is 0 Å². The van der Waals surface area contributed by atoms with E-state index in [1.165, 1.54) is 14.2 Å². The van der Waals surface area contributed by atoms with Crippen LogP contribution in [0.3, 0.4) is 0 Å². The van der Waals surface area contributed by atoms with Gasteiger partial charge in [-0.1, -0.05) is 60.7 Å². The summed E-state index contributed by atoms with van der Waals surface area (Å²) in [5, 5.41) is 10.3. The molecule has 0 saturated carbocycles. The van der Waals surface area contributed by atoms with E-state index in [0.717, 1.165) is 11.1 Å². The first-order valence-corrected chi connectivity index (χ1v) is 11.1. The summed E-state index contributed by atoms with van der Waals surface area (Å²) in [5.74, 6) is 1.75. The van der Waals surface area contributed by atoms with Crippen molar-refractivity contribution in [2.24, 2.45) is 10.2 Å². The lowest BCUT2D eigenvalue weighted by Crippen LogP contribution is -2.33. The fourth-order valence-electron chi connectivity index (χ4n) is 3.08. The van der Waals surface area contributed by atoms with E-state index in [9.17, 15) is 14.6 Å². The zero-order chi connectivity index (χ0) is 22.7. The van der Waals surface area contributed by atoms with Crippen LogP contribution in [-0.4, -0.2) is 32.7 Å². The maximum Gasteiger partial charge on any atom is 0.461 e. The van der Waals surface area contributed by atoms with E-state index >= 15 is 0 Å². The van der Waals surface area contributed by atoms with Crippen LogP contribution in [0.2, 0.25) is 0 Å². The SMILES string of the molecule is CCOC(=O)C(=C=NP(=O)(OC)OC)C(C#N)(Cc1ccccc1)Cc1ccccc1. The zero-order valence-corrected chi connectivity index (χ0v) is 18.7. The number of carbonyl (C=O) groups is 1. The molecule has 2 aromatic rings. The van der Waals surface area contributed by atoms with E-state index in [2.05, 4.69) is 16.7 Å². The molecule has 0 aliphatic rings. The van der Waals surface area contributed by atoms with Crippen LogP contribution in [0.4, 0.5) is 0 Å². The largest absolute Gasteiger partial charge is 0.462 e. The van der Waals surface area contributed by atoms with Crippen LogP contribution in [0.15, 0.2) is 71.0 Å². The molecular formula is C23H25N2O5P. The first-order valence-electron chi connectivity index (χ1n) is 9.65. The minimum atomic E-state index is -3.86. The third-order valence-corrected chi connectivity index (χ3v) is 5.88. The summed E-state index contributed by atoms with van der Waals surface area (Å²) in [6.07, 6.45) is 0.389. The van der Waals surface area contributed by atoms with Gasteiger partial charge in [-0.2, -0.15) is 5.26 Å². The van der Waals surface area contributed by atoms with Crippen LogP contribution in [0.1, 0.15) is 18.1 Å². The summed E-state index contributed by atoms with van der Waals surface area (Å²) in [6.45, 7) is 1.75. The quantitative estimate of drug-likeness (QED) is 0.233. The molecule has 2 rings (SSSR count). The van der Waals surface area contributed by atoms with Crippen molar-refractivity contribution in [3.05, 3.63) is 77.4 Å². The van der Waals surface area contributed by atoms with Crippen molar-refractivity contribution in [1.82, 2.24) is 0 Å². The Bertz CT molecular complexity index is 975. The number of rotatable bonds is 10. The van der Waals surface area contributed by atoms with Crippen molar-refractivity contribution in [2.75, 3.05) is 20.8 Å². The van der Waals surface area contributed by atoms with Gasteiger partial charge in [-0.05, 0) is 30.9 Å². The molecule has 162 valence electrons. The molecule has 0 atom stereocenters. The number of benzene rings is 2. The van der Waals surface area contributed by atoms with E-state index in [0.29, 0.717) is 0 Å². The first kappa shape index (κ1) is 24.3. The lowest BCUT2D eigenvalue weighted by atomic mass is 9.72. The Kier molecular flexibility index (Phi) is 8.93. The van der Waals surface area contributed by atoms with Gasteiger partial charge in [0, 0.05) is 20.1 Å². The Morgan fingerprint density at radius 2 is 1.48 bits per heavy atom. The van der Waals surface area contributed by atoms with E-state index in [1.54, 1.807) is 6.92 Å². The molecule has 0 N–H and O–H groups in total. The summed E-state index contributed by atoms with van der Waals surface area (Å²) >= 11 is 0. The Morgan fingerprint density at radius 3 is 1.87 bits per heavy atom. The van der Waals surface area contributed by atoms with Gasteiger partial charge in [0.05, 0.1) is 12.7 Å². The lowest BCUT2D eigenvalue weighted by Gasteiger charge is -2.27. The van der Waals surface area contributed by atoms with Crippen molar-refractivity contribution < 1.29 is 23.1 Å². The molecule has 8 heteroatoms. The predicted molar refractivity (Wildman–Crippen MR) is 118 cm³/mol. The number of nitrogens with zero attached hydrogens (tertiary/aromatic N) is 2. The zero-order valence-electron chi connectivity index (χ0n) is 17.8. The van der Waals surface area contributed by atoms with Crippen molar-refractivity contribution in [3.8, 4) is 6.07 Å². The fraction of sp³-hybridized carbons (Fsp3) is 0.304. The molecule has 0 fully saturated rings. The number of esters is 1. The summed E-state index contributed by atoms with van der Waals surface area (Å²) < 4.78 is 31.0. The Morgan fingerprint density at radius 1 is 1.00 bits per heavy atom. The molecule has 0 radical (unpaired) electrons. The fourth-order valence-corrected chi connectivity index (χ4v) is 3.62. The van der Waals surface area contributed by atoms with Crippen molar-refractivity contribution in [3.63, 3.8) is 0 Å². The second-order valence-electron chi connectivity index (χ2n) is 6.66. The normalized spacial score (nSPS) is 11.2. The minimum Gasteiger partial charge on any atom is -0.462 e. The highest BCUT2D eigenvalue weighted by Gasteiger charge is 2.41. The van der Waals surface area contributed by atoms with Gasteiger partial charge in [-0.3, -0.25) is 9.05 Å². The number of hydrogen-bond acceptors (Lipinski definition) is 6. The van der Waals surface area contributed by atoms with Gasteiger partial charge < -0.3 is 4.74 Å². The highest BCUT2D eigenvalue weighted by molar-refractivity contribution is 7.52. The van der Waals surface area contributed by atoms with Crippen LogP contribution in [0, 0.1) is 16.7 Å². The van der Waals surface area contributed by atoms with Gasteiger partial charge in [0.15, 0.2) is 0 Å². The van der Waals surface area contributed by atoms with Crippen molar-refractivity contribution in [2.45, 2.75) is 19.8 Å². The highest BCUT2D eigenvalue weighted by atomic mass is 31.2. The standard InChI is InChI=1S/C23H25N2O5P/c1-4-30-22(26)21(17-25-31(27,28-2)29-3)23(18-24,15-19-11-7-5-8-12-19)16-20-13-9-6-10-14-20/h5-14H,4,15-16H2,1-3H3. The molecule has 0 bridgehead atoms. The summed E-state index contributed by atoms with van der Waals surface area (Å²) in [5.41, 5.74) is 0.152. The molecule has 0 aliphatic heterocycles. The molecule has 0 spiro atoms. The number of hydrogen-bond donors (Lipinski definition) is 0. The van der Waals surface area contributed by atoms with Crippen LogP contribution in [-0.2, 0) is 36.0 Å². The van der Waals surface area contributed by atoms with Gasteiger partial charge in [0.25, 0.3) is 0 Å². The van der Waals surface area contributed by atoms with Crippen LogP contribution in [0.5, 0.6) is 0 Å². The molecule has 0 amide bonds.